The van der Waals surface area contributed by atoms with Crippen LogP contribution in [0.1, 0.15) is 28.3 Å². The first kappa shape index (κ1) is 15.2. The Morgan fingerprint density at radius 3 is 2.50 bits per heavy atom. The topological polar surface area (TPSA) is 12.0 Å². The molecule has 1 nitrogen and oxygen atoms in total. The van der Waals surface area contributed by atoms with Crippen LogP contribution >= 0.6 is 15.9 Å². The third kappa shape index (κ3) is 3.28. The first-order valence-corrected chi connectivity index (χ1v) is 7.49. The van der Waals surface area contributed by atoms with E-state index >= 15 is 0 Å². The Morgan fingerprint density at radius 1 is 1.15 bits per heavy atom. The highest BCUT2D eigenvalue weighted by Gasteiger charge is 2.17. The molecule has 0 aliphatic carbocycles. The summed E-state index contributed by atoms with van der Waals surface area (Å²) in [6, 6.07) is 11.5. The summed E-state index contributed by atoms with van der Waals surface area (Å²) in [5, 5.41) is 3.21. The van der Waals surface area contributed by atoms with E-state index in [0.29, 0.717) is 5.56 Å². The fourth-order valence-electron chi connectivity index (χ4n) is 2.36. The van der Waals surface area contributed by atoms with E-state index in [2.05, 4.69) is 53.3 Å². The molecule has 1 atom stereocenters. The van der Waals surface area contributed by atoms with Crippen LogP contribution in [0.2, 0.25) is 0 Å². The molecule has 0 aliphatic heterocycles. The summed E-state index contributed by atoms with van der Waals surface area (Å²) in [5.74, 6) is -0.178. The highest BCUT2D eigenvalue weighted by Crippen LogP contribution is 2.28. The fraction of sp³-hybridized carbons (Fsp3) is 0.294. The molecule has 0 radical (unpaired) electrons. The second kappa shape index (κ2) is 6.51. The van der Waals surface area contributed by atoms with Crippen LogP contribution in [-0.2, 0) is 6.42 Å². The molecule has 2 rings (SSSR count). The molecular formula is C17H19BrFN. The lowest BCUT2D eigenvalue weighted by Crippen LogP contribution is -2.20. The molecule has 0 bridgehead atoms. The molecule has 106 valence electrons. The zero-order valence-electron chi connectivity index (χ0n) is 12.0. The summed E-state index contributed by atoms with van der Waals surface area (Å²) in [6.45, 7) is 4.20. The molecular weight excluding hydrogens is 317 g/mol. The molecule has 0 amide bonds. The molecule has 0 spiro atoms. The number of benzene rings is 2. The van der Waals surface area contributed by atoms with Crippen LogP contribution < -0.4 is 5.32 Å². The minimum atomic E-state index is -0.178. The summed E-state index contributed by atoms with van der Waals surface area (Å²) in [7, 11) is 1.87. The number of hydrogen-bond acceptors (Lipinski definition) is 1. The average Bonchev–Trinajstić information content (AvgIpc) is 2.41. The molecule has 2 aromatic rings. The number of rotatable bonds is 4. The predicted octanol–water partition coefficient (Wildman–Crippen LogP) is 4.71. The lowest BCUT2D eigenvalue weighted by atomic mass is 9.96. The molecule has 0 saturated carbocycles. The van der Waals surface area contributed by atoms with Gasteiger partial charge in [-0.3, -0.25) is 0 Å². The normalized spacial score (nSPS) is 12.4. The van der Waals surface area contributed by atoms with Gasteiger partial charge in [-0.25, -0.2) is 4.39 Å². The number of hydrogen-bond donors (Lipinski definition) is 1. The van der Waals surface area contributed by atoms with Crippen LogP contribution in [0.3, 0.4) is 0 Å². The van der Waals surface area contributed by atoms with Gasteiger partial charge in [0, 0.05) is 16.1 Å². The number of likely N-dealkylation sites (N-methyl/N-ethyl adjacent to an activating group) is 1. The summed E-state index contributed by atoms with van der Waals surface area (Å²) in [6.07, 6.45) is 0.761. The Kier molecular flexibility index (Phi) is 4.95. The van der Waals surface area contributed by atoms with E-state index in [1.807, 2.05) is 13.1 Å². The van der Waals surface area contributed by atoms with Gasteiger partial charge >= 0.3 is 0 Å². The zero-order valence-corrected chi connectivity index (χ0v) is 13.6. The van der Waals surface area contributed by atoms with Gasteiger partial charge in [0.05, 0.1) is 0 Å². The quantitative estimate of drug-likeness (QED) is 0.853. The molecule has 20 heavy (non-hydrogen) atoms. The average molecular weight is 336 g/mol. The summed E-state index contributed by atoms with van der Waals surface area (Å²) in [4.78, 5) is 0. The monoisotopic (exact) mass is 335 g/mol. The zero-order chi connectivity index (χ0) is 14.7. The van der Waals surface area contributed by atoms with Crippen LogP contribution in [0.25, 0.3) is 0 Å². The van der Waals surface area contributed by atoms with Crippen molar-refractivity contribution in [2.45, 2.75) is 26.3 Å². The molecule has 0 saturated heterocycles. The van der Waals surface area contributed by atoms with E-state index in [0.717, 1.165) is 10.9 Å². The summed E-state index contributed by atoms with van der Waals surface area (Å²) in [5.41, 5.74) is 4.45. The van der Waals surface area contributed by atoms with Gasteiger partial charge in [-0.05, 0) is 56.1 Å². The fourth-order valence-corrected chi connectivity index (χ4v) is 2.98. The van der Waals surface area contributed by atoms with Gasteiger partial charge in [0.1, 0.15) is 5.82 Å². The lowest BCUT2D eigenvalue weighted by molar-refractivity contribution is 0.531. The van der Waals surface area contributed by atoms with E-state index < -0.39 is 0 Å². The SMILES string of the molecule is CNC(Cc1ccc(C)c(C)c1)c1c(F)cccc1Br. The van der Waals surface area contributed by atoms with Crippen molar-refractivity contribution in [3.63, 3.8) is 0 Å². The minimum absolute atomic E-state index is 0.0484. The van der Waals surface area contributed by atoms with Crippen molar-refractivity contribution >= 4 is 15.9 Å². The first-order valence-electron chi connectivity index (χ1n) is 6.70. The predicted molar refractivity (Wildman–Crippen MR) is 85.5 cm³/mol. The van der Waals surface area contributed by atoms with E-state index in [-0.39, 0.29) is 11.9 Å². The van der Waals surface area contributed by atoms with Gasteiger partial charge in [-0.2, -0.15) is 0 Å². The second-order valence-electron chi connectivity index (χ2n) is 5.10. The maximum atomic E-state index is 14.1. The van der Waals surface area contributed by atoms with E-state index in [1.165, 1.54) is 22.8 Å². The Morgan fingerprint density at radius 2 is 1.90 bits per heavy atom. The third-order valence-electron chi connectivity index (χ3n) is 3.71. The van der Waals surface area contributed by atoms with Crippen LogP contribution in [0.5, 0.6) is 0 Å². The highest BCUT2D eigenvalue weighted by molar-refractivity contribution is 9.10. The van der Waals surface area contributed by atoms with Crippen LogP contribution in [0.15, 0.2) is 40.9 Å². The second-order valence-corrected chi connectivity index (χ2v) is 5.95. The molecule has 0 fully saturated rings. The maximum Gasteiger partial charge on any atom is 0.129 e. The largest absolute Gasteiger partial charge is 0.313 e. The number of aryl methyl sites for hydroxylation is 2. The van der Waals surface area contributed by atoms with Crippen LogP contribution in [0, 0.1) is 19.7 Å². The van der Waals surface area contributed by atoms with Crippen molar-refractivity contribution in [1.82, 2.24) is 5.32 Å². The lowest BCUT2D eigenvalue weighted by Gasteiger charge is -2.19. The highest BCUT2D eigenvalue weighted by atomic mass is 79.9. The van der Waals surface area contributed by atoms with E-state index in [4.69, 9.17) is 0 Å². The Hall–Kier alpha value is -1.19. The molecule has 0 heterocycles. The van der Waals surface area contributed by atoms with E-state index in [9.17, 15) is 4.39 Å². The molecule has 0 aromatic heterocycles. The van der Waals surface area contributed by atoms with Gasteiger partial charge in [0.2, 0.25) is 0 Å². The standard InChI is InChI=1S/C17H19BrFN/c1-11-7-8-13(9-12(11)2)10-16(20-3)17-14(18)5-4-6-15(17)19/h4-9,16,20H,10H2,1-3H3. The number of halogens is 2. The number of nitrogens with one attached hydrogen (secondary N) is 1. The van der Waals surface area contributed by atoms with Gasteiger partial charge in [-0.1, -0.05) is 40.2 Å². The molecule has 1 N–H and O–H groups in total. The molecule has 3 heteroatoms. The van der Waals surface area contributed by atoms with Crippen molar-refractivity contribution in [3.05, 3.63) is 68.9 Å². The Bertz CT molecular complexity index is 590. The Labute approximate surface area is 128 Å². The summed E-state index contributed by atoms with van der Waals surface area (Å²) >= 11 is 3.45. The summed E-state index contributed by atoms with van der Waals surface area (Å²) < 4.78 is 14.9. The first-order chi connectivity index (χ1) is 9.52. The third-order valence-corrected chi connectivity index (χ3v) is 4.40. The van der Waals surface area contributed by atoms with Crippen molar-refractivity contribution in [3.8, 4) is 0 Å². The maximum absolute atomic E-state index is 14.1. The van der Waals surface area contributed by atoms with Gasteiger partial charge in [-0.15, -0.1) is 0 Å². The van der Waals surface area contributed by atoms with Crippen molar-refractivity contribution in [2.24, 2.45) is 0 Å². The van der Waals surface area contributed by atoms with Crippen LogP contribution in [0.4, 0.5) is 4.39 Å². The van der Waals surface area contributed by atoms with Gasteiger partial charge in [0.15, 0.2) is 0 Å². The molecule has 0 aliphatic rings. The Balaban J connectivity index is 2.31. The smallest absolute Gasteiger partial charge is 0.129 e. The van der Waals surface area contributed by atoms with Crippen molar-refractivity contribution < 1.29 is 4.39 Å². The van der Waals surface area contributed by atoms with Gasteiger partial charge in [0.25, 0.3) is 0 Å². The minimum Gasteiger partial charge on any atom is -0.313 e. The van der Waals surface area contributed by atoms with Gasteiger partial charge < -0.3 is 5.32 Å². The van der Waals surface area contributed by atoms with Crippen LogP contribution in [-0.4, -0.2) is 7.05 Å². The van der Waals surface area contributed by atoms with Crippen molar-refractivity contribution in [2.75, 3.05) is 7.05 Å². The van der Waals surface area contributed by atoms with E-state index in [1.54, 1.807) is 6.07 Å². The van der Waals surface area contributed by atoms with Crippen molar-refractivity contribution in [1.29, 1.82) is 0 Å². The molecule has 2 aromatic carbocycles. The molecule has 1 unspecified atom stereocenters.